The van der Waals surface area contributed by atoms with Crippen LogP contribution in [-0.2, 0) is 0 Å². The van der Waals surface area contributed by atoms with E-state index in [1.807, 2.05) is 0 Å². The highest BCUT2D eigenvalue weighted by molar-refractivity contribution is 5.21. The van der Waals surface area contributed by atoms with Gasteiger partial charge in [0.05, 0.1) is 6.10 Å². The molecule has 1 aromatic carbocycles. The first kappa shape index (κ1) is 12.0. The lowest BCUT2D eigenvalue weighted by Gasteiger charge is -2.12. The van der Waals surface area contributed by atoms with E-state index in [2.05, 4.69) is 5.32 Å². The Morgan fingerprint density at radius 3 is 2.73 bits per heavy atom. The summed E-state index contributed by atoms with van der Waals surface area (Å²) >= 11 is 0. The molecule has 0 fully saturated rings. The average molecular weight is 216 g/mol. The van der Waals surface area contributed by atoms with Crippen LogP contribution >= 0.6 is 0 Å². The molecule has 0 saturated heterocycles. The minimum Gasteiger partial charge on any atom is -0.387 e. The van der Waals surface area contributed by atoms with E-state index in [0.29, 0.717) is 13.1 Å². The predicted octanol–water partition coefficient (Wildman–Crippen LogP) is 0.547. The molecular weight excluding hydrogens is 202 g/mol. The summed E-state index contributed by atoms with van der Waals surface area (Å²) in [6.07, 6.45) is -0.989. The molecule has 84 valence electrons. The zero-order valence-electron chi connectivity index (χ0n) is 8.21. The lowest BCUT2D eigenvalue weighted by Crippen LogP contribution is -2.27. The molecule has 0 heterocycles. The first-order valence-corrected chi connectivity index (χ1v) is 4.69. The van der Waals surface area contributed by atoms with Crippen molar-refractivity contribution in [2.45, 2.75) is 6.10 Å². The number of nitrogens with two attached hydrogens (primary N) is 1. The van der Waals surface area contributed by atoms with Crippen molar-refractivity contribution in [3.05, 3.63) is 35.4 Å². The van der Waals surface area contributed by atoms with E-state index >= 15 is 0 Å². The van der Waals surface area contributed by atoms with E-state index in [4.69, 9.17) is 5.73 Å². The normalized spacial score (nSPS) is 12.8. The van der Waals surface area contributed by atoms with Crippen molar-refractivity contribution in [1.29, 1.82) is 0 Å². The Labute approximate surface area is 86.9 Å². The maximum absolute atomic E-state index is 13.2. The third-order valence-electron chi connectivity index (χ3n) is 1.98. The molecule has 3 nitrogen and oxygen atoms in total. The van der Waals surface area contributed by atoms with Crippen molar-refractivity contribution in [3.8, 4) is 0 Å². The van der Waals surface area contributed by atoms with Gasteiger partial charge in [-0.15, -0.1) is 0 Å². The average Bonchev–Trinajstić information content (AvgIpc) is 2.17. The van der Waals surface area contributed by atoms with Crippen LogP contribution in [0, 0.1) is 11.6 Å². The van der Waals surface area contributed by atoms with E-state index in [1.54, 1.807) is 0 Å². The Hall–Kier alpha value is -1.04. The highest BCUT2D eigenvalue weighted by Crippen LogP contribution is 2.17. The van der Waals surface area contributed by atoms with Crippen molar-refractivity contribution in [2.24, 2.45) is 5.73 Å². The number of halogens is 2. The lowest BCUT2D eigenvalue weighted by molar-refractivity contribution is 0.170. The molecule has 0 bridgehead atoms. The number of hydrogen-bond acceptors (Lipinski definition) is 3. The Balaban J connectivity index is 2.61. The van der Waals surface area contributed by atoms with Gasteiger partial charge in [0.1, 0.15) is 11.6 Å². The van der Waals surface area contributed by atoms with E-state index in [0.717, 1.165) is 12.1 Å². The molecule has 0 aliphatic carbocycles. The van der Waals surface area contributed by atoms with Crippen LogP contribution in [0.1, 0.15) is 11.7 Å². The first-order valence-electron chi connectivity index (χ1n) is 4.69. The summed E-state index contributed by atoms with van der Waals surface area (Å²) in [5.74, 6) is -1.39. The smallest absolute Gasteiger partial charge is 0.131 e. The van der Waals surface area contributed by atoms with Crippen LogP contribution in [0.15, 0.2) is 18.2 Å². The predicted molar refractivity (Wildman–Crippen MR) is 53.2 cm³/mol. The van der Waals surface area contributed by atoms with E-state index in [1.165, 1.54) is 6.07 Å². The molecule has 0 aliphatic rings. The van der Waals surface area contributed by atoms with Gasteiger partial charge < -0.3 is 16.2 Å². The van der Waals surface area contributed by atoms with Crippen LogP contribution < -0.4 is 11.1 Å². The van der Waals surface area contributed by atoms with Gasteiger partial charge in [-0.05, 0) is 6.07 Å². The van der Waals surface area contributed by atoms with Gasteiger partial charge in [0.15, 0.2) is 0 Å². The van der Waals surface area contributed by atoms with Crippen LogP contribution in [0.3, 0.4) is 0 Å². The standard InChI is InChI=1S/C10H14F2N2O/c11-7-1-2-8(9(12)5-7)10(15)6-14-4-3-13/h1-2,5,10,14-15H,3-4,6,13H2. The maximum atomic E-state index is 13.2. The summed E-state index contributed by atoms with van der Waals surface area (Å²) in [5, 5.41) is 12.4. The summed E-state index contributed by atoms with van der Waals surface area (Å²) in [7, 11) is 0. The van der Waals surface area contributed by atoms with Gasteiger partial charge in [0.2, 0.25) is 0 Å². The summed E-state index contributed by atoms with van der Waals surface area (Å²) in [4.78, 5) is 0. The van der Waals surface area contributed by atoms with Crippen molar-refractivity contribution >= 4 is 0 Å². The van der Waals surface area contributed by atoms with Crippen molar-refractivity contribution in [1.82, 2.24) is 5.32 Å². The monoisotopic (exact) mass is 216 g/mol. The van der Waals surface area contributed by atoms with Gasteiger partial charge in [0.25, 0.3) is 0 Å². The number of benzene rings is 1. The lowest BCUT2D eigenvalue weighted by atomic mass is 10.1. The molecule has 0 amide bonds. The highest BCUT2D eigenvalue weighted by atomic mass is 19.1. The van der Waals surface area contributed by atoms with Crippen LogP contribution in [0.25, 0.3) is 0 Å². The van der Waals surface area contributed by atoms with Crippen LogP contribution in [-0.4, -0.2) is 24.7 Å². The van der Waals surface area contributed by atoms with Gasteiger partial charge >= 0.3 is 0 Å². The number of hydrogen-bond donors (Lipinski definition) is 3. The number of aliphatic hydroxyl groups is 1. The number of nitrogens with one attached hydrogen (secondary N) is 1. The molecule has 0 saturated carbocycles. The van der Waals surface area contributed by atoms with Crippen LogP contribution in [0.2, 0.25) is 0 Å². The minimum absolute atomic E-state index is 0.0842. The Morgan fingerprint density at radius 2 is 2.13 bits per heavy atom. The Kier molecular flexibility index (Phi) is 4.61. The van der Waals surface area contributed by atoms with Gasteiger partial charge in [-0.1, -0.05) is 6.07 Å². The van der Waals surface area contributed by atoms with Crippen molar-refractivity contribution in [2.75, 3.05) is 19.6 Å². The zero-order chi connectivity index (χ0) is 11.3. The summed E-state index contributed by atoms with van der Waals surface area (Å²) < 4.78 is 25.7. The highest BCUT2D eigenvalue weighted by Gasteiger charge is 2.12. The van der Waals surface area contributed by atoms with E-state index < -0.39 is 17.7 Å². The summed E-state index contributed by atoms with van der Waals surface area (Å²) in [6.45, 7) is 1.18. The molecule has 0 radical (unpaired) electrons. The minimum atomic E-state index is -0.989. The molecule has 0 spiro atoms. The van der Waals surface area contributed by atoms with Crippen molar-refractivity contribution < 1.29 is 13.9 Å². The number of aliphatic hydroxyl groups excluding tert-OH is 1. The molecule has 1 unspecified atom stereocenters. The molecule has 4 N–H and O–H groups in total. The maximum Gasteiger partial charge on any atom is 0.131 e. The van der Waals surface area contributed by atoms with Gasteiger partial charge in [-0.25, -0.2) is 8.78 Å². The quantitative estimate of drug-likeness (QED) is 0.630. The molecule has 0 aromatic heterocycles. The van der Waals surface area contributed by atoms with E-state index in [9.17, 15) is 13.9 Å². The van der Waals surface area contributed by atoms with Gasteiger partial charge in [-0.2, -0.15) is 0 Å². The molecule has 0 aliphatic heterocycles. The second-order valence-corrected chi connectivity index (χ2v) is 3.17. The third kappa shape index (κ3) is 3.54. The molecule has 1 aromatic rings. The molecule has 15 heavy (non-hydrogen) atoms. The van der Waals surface area contributed by atoms with Crippen LogP contribution in [0.4, 0.5) is 8.78 Å². The van der Waals surface area contributed by atoms with Crippen molar-refractivity contribution in [3.63, 3.8) is 0 Å². The Bertz CT molecular complexity index is 320. The van der Waals surface area contributed by atoms with E-state index in [-0.39, 0.29) is 12.1 Å². The summed E-state index contributed by atoms with van der Waals surface area (Å²) in [6, 6.07) is 3.10. The molecular formula is C10H14F2N2O. The fourth-order valence-corrected chi connectivity index (χ4v) is 1.22. The first-order chi connectivity index (χ1) is 7.15. The molecule has 5 heteroatoms. The summed E-state index contributed by atoms with van der Waals surface area (Å²) in [5.41, 5.74) is 5.32. The SMILES string of the molecule is NCCNCC(O)c1ccc(F)cc1F. The third-order valence-corrected chi connectivity index (χ3v) is 1.98. The fraction of sp³-hybridized carbons (Fsp3) is 0.400. The van der Waals surface area contributed by atoms with Gasteiger partial charge in [-0.3, -0.25) is 0 Å². The molecule has 1 rings (SSSR count). The zero-order valence-corrected chi connectivity index (χ0v) is 8.21. The van der Waals surface area contributed by atoms with Gasteiger partial charge in [0, 0.05) is 31.3 Å². The topological polar surface area (TPSA) is 58.3 Å². The molecule has 1 atom stereocenters. The second kappa shape index (κ2) is 5.75. The number of rotatable bonds is 5. The second-order valence-electron chi connectivity index (χ2n) is 3.17. The fourth-order valence-electron chi connectivity index (χ4n) is 1.22. The largest absolute Gasteiger partial charge is 0.387 e. The Morgan fingerprint density at radius 1 is 1.40 bits per heavy atom. The van der Waals surface area contributed by atoms with Crippen LogP contribution in [0.5, 0.6) is 0 Å².